The average Bonchev–Trinajstić information content (AvgIpc) is 2.75. The van der Waals surface area contributed by atoms with E-state index in [1.54, 1.807) is 24.3 Å². The molecule has 0 aliphatic heterocycles. The summed E-state index contributed by atoms with van der Waals surface area (Å²) >= 11 is 0. The maximum Gasteiger partial charge on any atom is 0.255 e. The molecule has 0 radical (unpaired) electrons. The standard InChI is InChI=1S/C23H18N4O/c24-21-14-15-22(20-9-5-4-8-19(20)21)27-26-18-12-10-17(11-13-18)25-23(28)16-6-2-1-3-7-16/h1-15H,24H2,(H,25,28). The number of carbonyl (C=O) groups excluding carboxylic acids is 1. The Bertz CT molecular complexity index is 1150. The zero-order valence-corrected chi connectivity index (χ0v) is 15.0. The van der Waals surface area contributed by atoms with Crippen LogP contribution < -0.4 is 11.1 Å². The van der Waals surface area contributed by atoms with Crippen LogP contribution in [-0.4, -0.2) is 5.91 Å². The van der Waals surface area contributed by atoms with E-state index in [-0.39, 0.29) is 5.91 Å². The monoisotopic (exact) mass is 366 g/mol. The number of amides is 1. The molecule has 0 bridgehead atoms. The Morgan fingerprint density at radius 1 is 0.714 bits per heavy atom. The number of carbonyl (C=O) groups is 1. The summed E-state index contributed by atoms with van der Waals surface area (Å²) in [6.07, 6.45) is 0. The van der Waals surface area contributed by atoms with Gasteiger partial charge in [-0.05, 0) is 48.5 Å². The van der Waals surface area contributed by atoms with Crippen LogP contribution in [0.15, 0.2) is 101 Å². The first-order valence-corrected chi connectivity index (χ1v) is 8.86. The molecule has 0 heterocycles. The van der Waals surface area contributed by atoms with E-state index in [9.17, 15) is 4.79 Å². The second kappa shape index (κ2) is 7.72. The summed E-state index contributed by atoms with van der Waals surface area (Å²) in [6.45, 7) is 0. The molecule has 5 heteroatoms. The van der Waals surface area contributed by atoms with Crippen LogP contribution >= 0.6 is 0 Å². The van der Waals surface area contributed by atoms with Crippen LogP contribution in [0.5, 0.6) is 0 Å². The molecule has 0 spiro atoms. The number of hydrogen-bond acceptors (Lipinski definition) is 4. The minimum absolute atomic E-state index is 0.150. The molecule has 4 rings (SSSR count). The molecule has 136 valence electrons. The van der Waals surface area contributed by atoms with E-state index < -0.39 is 0 Å². The molecule has 28 heavy (non-hydrogen) atoms. The molecule has 0 unspecified atom stereocenters. The number of fused-ring (bicyclic) bond motifs is 1. The molecule has 0 saturated heterocycles. The summed E-state index contributed by atoms with van der Waals surface area (Å²) in [5, 5.41) is 13.4. The van der Waals surface area contributed by atoms with Gasteiger partial charge in [0.15, 0.2) is 0 Å². The highest BCUT2D eigenvalue weighted by Crippen LogP contribution is 2.31. The normalized spacial score (nSPS) is 11.0. The fourth-order valence-corrected chi connectivity index (χ4v) is 2.91. The Kier molecular flexibility index (Phi) is 4.80. The number of nitrogens with zero attached hydrogens (tertiary/aromatic N) is 2. The van der Waals surface area contributed by atoms with Crippen molar-refractivity contribution in [3.05, 3.63) is 96.6 Å². The third-order valence-electron chi connectivity index (χ3n) is 4.37. The Balaban J connectivity index is 1.51. The molecule has 0 saturated carbocycles. The van der Waals surface area contributed by atoms with Crippen molar-refractivity contribution in [2.24, 2.45) is 10.2 Å². The zero-order valence-electron chi connectivity index (χ0n) is 15.0. The maximum absolute atomic E-state index is 12.2. The SMILES string of the molecule is Nc1ccc(N=Nc2ccc(NC(=O)c3ccccc3)cc2)c2ccccc12. The first-order chi connectivity index (χ1) is 13.7. The number of hydrogen-bond donors (Lipinski definition) is 2. The topological polar surface area (TPSA) is 79.8 Å². The number of nitrogens with two attached hydrogens (primary N) is 1. The molecule has 0 atom stereocenters. The van der Waals surface area contributed by atoms with Gasteiger partial charge in [0.1, 0.15) is 0 Å². The van der Waals surface area contributed by atoms with Crippen molar-refractivity contribution in [2.75, 3.05) is 11.1 Å². The van der Waals surface area contributed by atoms with E-state index in [1.807, 2.05) is 66.7 Å². The van der Waals surface area contributed by atoms with Crippen LogP contribution in [0.3, 0.4) is 0 Å². The van der Waals surface area contributed by atoms with Crippen molar-refractivity contribution in [1.29, 1.82) is 0 Å². The lowest BCUT2D eigenvalue weighted by Gasteiger charge is -2.05. The van der Waals surface area contributed by atoms with Gasteiger partial charge in [0.05, 0.1) is 11.4 Å². The van der Waals surface area contributed by atoms with Crippen LogP contribution in [0.1, 0.15) is 10.4 Å². The predicted molar refractivity (Wildman–Crippen MR) is 113 cm³/mol. The van der Waals surface area contributed by atoms with Gasteiger partial charge in [-0.3, -0.25) is 4.79 Å². The van der Waals surface area contributed by atoms with Crippen molar-refractivity contribution in [3.8, 4) is 0 Å². The van der Waals surface area contributed by atoms with Crippen molar-refractivity contribution >= 4 is 39.4 Å². The number of nitrogen functional groups attached to an aromatic ring is 1. The van der Waals surface area contributed by atoms with E-state index in [1.165, 1.54) is 0 Å². The Labute approximate surface area is 162 Å². The van der Waals surface area contributed by atoms with E-state index in [0.717, 1.165) is 16.5 Å². The molecule has 4 aromatic rings. The quantitative estimate of drug-likeness (QED) is 0.338. The number of azo groups is 1. The lowest BCUT2D eigenvalue weighted by atomic mass is 10.1. The number of rotatable bonds is 4. The van der Waals surface area contributed by atoms with Crippen molar-refractivity contribution in [3.63, 3.8) is 0 Å². The second-order valence-electron chi connectivity index (χ2n) is 6.29. The molecule has 0 aliphatic carbocycles. The van der Waals surface area contributed by atoms with E-state index in [4.69, 9.17) is 5.73 Å². The first-order valence-electron chi connectivity index (χ1n) is 8.86. The van der Waals surface area contributed by atoms with Crippen molar-refractivity contribution in [2.45, 2.75) is 0 Å². The van der Waals surface area contributed by atoms with Gasteiger partial charge in [0, 0.05) is 27.7 Å². The fraction of sp³-hybridized carbons (Fsp3) is 0. The highest BCUT2D eigenvalue weighted by atomic mass is 16.1. The van der Waals surface area contributed by atoms with Gasteiger partial charge >= 0.3 is 0 Å². The fourth-order valence-electron chi connectivity index (χ4n) is 2.91. The molecule has 0 fully saturated rings. The lowest BCUT2D eigenvalue weighted by molar-refractivity contribution is 0.102. The lowest BCUT2D eigenvalue weighted by Crippen LogP contribution is -2.11. The van der Waals surface area contributed by atoms with Gasteiger partial charge in [-0.2, -0.15) is 5.11 Å². The van der Waals surface area contributed by atoms with E-state index in [0.29, 0.717) is 22.6 Å². The van der Waals surface area contributed by atoms with Crippen LogP contribution in [0.4, 0.5) is 22.7 Å². The molecule has 0 aromatic heterocycles. The summed E-state index contributed by atoms with van der Waals surface area (Å²) in [4.78, 5) is 12.2. The van der Waals surface area contributed by atoms with Crippen LogP contribution in [-0.2, 0) is 0 Å². The van der Waals surface area contributed by atoms with Crippen LogP contribution in [0.2, 0.25) is 0 Å². The van der Waals surface area contributed by atoms with E-state index >= 15 is 0 Å². The first kappa shape index (κ1) is 17.4. The number of benzene rings is 4. The molecule has 0 aliphatic rings. The average molecular weight is 366 g/mol. The third-order valence-corrected chi connectivity index (χ3v) is 4.37. The summed E-state index contributed by atoms with van der Waals surface area (Å²) in [5.41, 5.74) is 9.50. The summed E-state index contributed by atoms with van der Waals surface area (Å²) in [7, 11) is 0. The van der Waals surface area contributed by atoms with Crippen LogP contribution in [0.25, 0.3) is 10.8 Å². The molecule has 5 nitrogen and oxygen atoms in total. The second-order valence-corrected chi connectivity index (χ2v) is 6.29. The predicted octanol–water partition coefficient (Wildman–Crippen LogP) is 6.09. The molecular weight excluding hydrogens is 348 g/mol. The summed E-state index contributed by atoms with van der Waals surface area (Å²) in [6, 6.07) is 27.8. The Morgan fingerprint density at radius 3 is 2.14 bits per heavy atom. The van der Waals surface area contributed by atoms with Gasteiger partial charge < -0.3 is 11.1 Å². The Hall–Kier alpha value is -3.99. The number of anilines is 2. The minimum Gasteiger partial charge on any atom is -0.398 e. The Morgan fingerprint density at radius 2 is 1.39 bits per heavy atom. The van der Waals surface area contributed by atoms with Crippen molar-refractivity contribution < 1.29 is 4.79 Å². The summed E-state index contributed by atoms with van der Waals surface area (Å²) in [5.74, 6) is -0.150. The van der Waals surface area contributed by atoms with E-state index in [2.05, 4.69) is 15.5 Å². The van der Waals surface area contributed by atoms with Gasteiger partial charge in [-0.15, -0.1) is 5.11 Å². The zero-order chi connectivity index (χ0) is 19.3. The van der Waals surface area contributed by atoms with Gasteiger partial charge in [-0.1, -0.05) is 42.5 Å². The molecular formula is C23H18N4O. The summed E-state index contributed by atoms with van der Waals surface area (Å²) < 4.78 is 0. The molecule has 3 N–H and O–H groups in total. The van der Waals surface area contributed by atoms with Gasteiger partial charge in [0.2, 0.25) is 0 Å². The third kappa shape index (κ3) is 3.73. The van der Waals surface area contributed by atoms with Crippen molar-refractivity contribution in [1.82, 2.24) is 0 Å². The largest absolute Gasteiger partial charge is 0.398 e. The van der Waals surface area contributed by atoms with Gasteiger partial charge in [0.25, 0.3) is 5.91 Å². The van der Waals surface area contributed by atoms with Crippen LogP contribution in [0, 0.1) is 0 Å². The highest BCUT2D eigenvalue weighted by molar-refractivity contribution is 6.04. The smallest absolute Gasteiger partial charge is 0.255 e. The number of nitrogens with one attached hydrogen (secondary N) is 1. The molecule has 1 amide bonds. The highest BCUT2D eigenvalue weighted by Gasteiger charge is 2.05. The minimum atomic E-state index is -0.150. The maximum atomic E-state index is 12.2. The molecule has 4 aromatic carbocycles. The van der Waals surface area contributed by atoms with Gasteiger partial charge in [-0.25, -0.2) is 0 Å².